The van der Waals surface area contributed by atoms with Crippen LogP contribution in [0, 0.1) is 5.92 Å². The van der Waals surface area contributed by atoms with E-state index in [0.717, 1.165) is 20.8 Å². The number of aliphatic imine (C=N–C) groups is 1. The van der Waals surface area contributed by atoms with Crippen molar-refractivity contribution in [2.24, 2.45) is 33.8 Å². The summed E-state index contributed by atoms with van der Waals surface area (Å²) in [5.74, 6) is -20.5. The summed E-state index contributed by atoms with van der Waals surface area (Å²) in [6.07, 6.45) is -5.54. The third kappa shape index (κ3) is 30.0. The molecule has 0 fully saturated rings. The minimum Gasteiger partial charge on any atom is -0.508 e. The van der Waals surface area contributed by atoms with Crippen LogP contribution >= 0.6 is 0 Å². The van der Waals surface area contributed by atoms with Gasteiger partial charge in [0.2, 0.25) is 70.9 Å². The highest BCUT2D eigenvalue weighted by atomic mass is 16.4. The average Bonchev–Trinajstić information content (AvgIpc) is 0.997. The SMILES string of the molecule is CC(C)C[C@H](NC(=O)[C@H](C)NC(=O)[C@H](CC(=O)O)NC(=O)[C@H](CO)NC(=O)[C@@H](N)Cc1cnc[nH]1)C(=O)N[C@@H](Cc1ccccc1)C(=O)N[C@H](C(=O)N[C@@H](CC(=O)O)C(=O)N[C@@H](CC(N)=O)C(=O)N[C@@H](Cc1ccc(O)cc1)C(=O)N[C@H](C(=O)N[C@@H](CCCN=C(N)N)C(=O)O)[C@@H](C)O)[C@@H](C)O. The first-order valence-corrected chi connectivity index (χ1v) is 31.8. The number of hydrogen-bond acceptors (Lipinski definition) is 22. The number of nitrogens with one attached hydrogen (secondary N) is 12. The highest BCUT2D eigenvalue weighted by Crippen LogP contribution is 2.15. The fourth-order valence-corrected chi connectivity index (χ4v) is 9.58. The van der Waals surface area contributed by atoms with E-state index in [1.54, 1.807) is 44.2 Å². The number of aliphatic carboxylic acids is 3. The van der Waals surface area contributed by atoms with Crippen molar-refractivity contribution in [1.29, 1.82) is 0 Å². The number of aromatic hydroxyl groups is 1. The topological polar surface area (TPSA) is 675 Å². The molecule has 0 aliphatic carbocycles. The van der Waals surface area contributed by atoms with Gasteiger partial charge in [-0.25, -0.2) is 9.78 Å². The molecule has 0 saturated heterocycles. The number of hydrogen-bond donors (Lipinski definition) is 23. The fraction of sp³-hybridized carbons (Fsp3) is 0.500. The predicted molar refractivity (Wildman–Crippen MR) is 355 cm³/mol. The zero-order chi connectivity index (χ0) is 76.7. The Hall–Kier alpha value is -11.4. The molecule has 0 aliphatic rings. The number of carbonyl (C=O) groups excluding carboxylic acids is 12. The van der Waals surface area contributed by atoms with Crippen molar-refractivity contribution in [1.82, 2.24) is 68.5 Å². The first-order valence-electron chi connectivity index (χ1n) is 31.8. The summed E-state index contributed by atoms with van der Waals surface area (Å²) in [7, 11) is 0. The summed E-state index contributed by atoms with van der Waals surface area (Å²) in [6, 6.07) is -8.56. The number of phenols is 1. The molecule has 2 aromatic carbocycles. The molecule has 0 saturated carbocycles. The Morgan fingerprint density at radius 2 is 0.912 bits per heavy atom. The van der Waals surface area contributed by atoms with Crippen LogP contribution in [0.2, 0.25) is 0 Å². The van der Waals surface area contributed by atoms with Crippen LogP contribution in [0.25, 0.3) is 0 Å². The van der Waals surface area contributed by atoms with E-state index in [1.807, 2.05) is 0 Å². The first kappa shape index (κ1) is 84.8. The van der Waals surface area contributed by atoms with Gasteiger partial charge in [0, 0.05) is 37.7 Å². The molecule has 1 heterocycles. The monoisotopic (exact) mass is 1440 g/mol. The summed E-state index contributed by atoms with van der Waals surface area (Å²) in [6.45, 7) is 5.46. The summed E-state index contributed by atoms with van der Waals surface area (Å²) >= 11 is 0. The number of aromatic nitrogens is 2. The van der Waals surface area contributed by atoms with E-state index in [2.05, 4.69) is 73.4 Å². The molecule has 0 bridgehead atoms. The number of carboxylic acids is 3. The van der Waals surface area contributed by atoms with E-state index < -0.39 is 206 Å². The van der Waals surface area contributed by atoms with Gasteiger partial charge >= 0.3 is 17.9 Å². The van der Waals surface area contributed by atoms with Crippen LogP contribution in [0.3, 0.4) is 0 Å². The summed E-state index contributed by atoms with van der Waals surface area (Å²) in [4.78, 5) is 211. The van der Waals surface area contributed by atoms with Crippen LogP contribution in [0.4, 0.5) is 0 Å². The predicted octanol–water partition coefficient (Wildman–Crippen LogP) is -8.41. The second-order valence-electron chi connectivity index (χ2n) is 24.1. The molecular formula is C62H90N18O22. The molecule has 27 N–H and O–H groups in total. The zero-order valence-corrected chi connectivity index (χ0v) is 56.2. The number of phenolic OH excluding ortho intramolecular Hbond substituents is 1. The zero-order valence-electron chi connectivity index (χ0n) is 56.2. The number of guanidine groups is 1. The molecule has 102 heavy (non-hydrogen) atoms. The molecule has 40 heteroatoms. The van der Waals surface area contributed by atoms with Crippen LogP contribution in [0.15, 0.2) is 72.1 Å². The third-order valence-electron chi connectivity index (χ3n) is 14.9. The number of rotatable bonds is 44. The molecule has 1 aromatic heterocycles. The van der Waals surface area contributed by atoms with Crippen molar-refractivity contribution < 1.29 is 108 Å². The maximum atomic E-state index is 14.4. The lowest BCUT2D eigenvalue weighted by atomic mass is 10.00. The van der Waals surface area contributed by atoms with Crippen molar-refractivity contribution in [3.8, 4) is 5.75 Å². The summed E-state index contributed by atoms with van der Waals surface area (Å²) < 4.78 is 0. The molecule has 0 spiro atoms. The molecule has 0 unspecified atom stereocenters. The number of aromatic amines is 1. The van der Waals surface area contributed by atoms with E-state index in [0.29, 0.717) is 11.3 Å². The van der Waals surface area contributed by atoms with E-state index in [4.69, 9.17) is 22.9 Å². The molecule has 3 aromatic rings. The maximum Gasteiger partial charge on any atom is 0.326 e. The lowest BCUT2D eigenvalue weighted by molar-refractivity contribution is -0.143. The van der Waals surface area contributed by atoms with Crippen molar-refractivity contribution in [2.75, 3.05) is 13.2 Å². The smallest absolute Gasteiger partial charge is 0.326 e. The fourth-order valence-electron chi connectivity index (χ4n) is 9.58. The molecule has 560 valence electrons. The Morgan fingerprint density at radius 1 is 0.490 bits per heavy atom. The standard InChI is InChI=1S/C62H90N18O22/c1-28(2)18-38(72-50(90)29(3)70-52(92)42(23-46(86)87)76-58(98)44(26-81)78-51(91)36(63)21-34-25-67-27-69-34)53(93)73-39(19-32-10-7-6-8-11-32)56(96)80-49(31(5)83)60(100)77-43(24-47(88)89)55(95)75-41(22-45(64)85)54(94)74-40(20-33-13-15-35(84)16-14-33)57(97)79-48(30(4)82)59(99)71-37(61(101)102)12-9-17-68-62(65)66/h6-8,10-11,13-16,25,27-31,36-44,48-49,81-84H,9,12,17-24,26,63H2,1-5H3,(H2,64,85)(H,67,69)(H,70,92)(H,71,99)(H,72,90)(H,73,93)(H,74,94)(H,75,95)(H,76,98)(H,77,100)(H,78,91)(H,79,97)(H,80,96)(H,86,87)(H,88,89)(H,101,102)(H4,65,66,68)/t29-,30+,31+,36-,37-,38-,39-,40-,41-,42-,43-,44-,48-,49-/m0/s1. The Morgan fingerprint density at radius 3 is 1.35 bits per heavy atom. The van der Waals surface area contributed by atoms with Gasteiger partial charge in [-0.05, 0) is 69.2 Å². The number of primary amides is 1. The lowest BCUT2D eigenvalue weighted by Crippen LogP contribution is -2.63. The number of nitrogens with two attached hydrogens (primary N) is 4. The largest absolute Gasteiger partial charge is 0.508 e. The van der Waals surface area contributed by atoms with Crippen LogP contribution in [0.5, 0.6) is 5.75 Å². The van der Waals surface area contributed by atoms with Gasteiger partial charge in [0.1, 0.15) is 72.2 Å². The number of imidazole rings is 1. The Balaban J connectivity index is 1.89. The van der Waals surface area contributed by atoms with Crippen molar-refractivity contribution in [2.45, 2.75) is 177 Å². The summed E-state index contributed by atoms with van der Waals surface area (Å²) in [5.41, 5.74) is 23.1. The number of benzene rings is 2. The van der Waals surface area contributed by atoms with E-state index in [-0.39, 0.29) is 61.8 Å². The number of H-pyrrole nitrogens is 1. The van der Waals surface area contributed by atoms with Gasteiger partial charge in [-0.1, -0.05) is 56.3 Å². The molecule has 0 radical (unpaired) electrons. The van der Waals surface area contributed by atoms with Gasteiger partial charge in [0.25, 0.3) is 0 Å². The molecule has 40 nitrogen and oxygen atoms in total. The number of carbonyl (C=O) groups is 15. The van der Waals surface area contributed by atoms with Gasteiger partial charge in [0.15, 0.2) is 5.96 Å². The minimum absolute atomic E-state index is 0.0243. The van der Waals surface area contributed by atoms with Crippen molar-refractivity contribution >= 4 is 94.8 Å². The quantitative estimate of drug-likeness (QED) is 0.0142. The lowest BCUT2D eigenvalue weighted by Gasteiger charge is -2.29. The van der Waals surface area contributed by atoms with Gasteiger partial charge < -0.3 is 122 Å². The summed E-state index contributed by atoms with van der Waals surface area (Å²) in [5, 5.41) is 95.6. The van der Waals surface area contributed by atoms with Crippen LogP contribution in [0.1, 0.15) is 90.0 Å². The molecule has 12 amide bonds. The second-order valence-corrected chi connectivity index (χ2v) is 24.1. The minimum atomic E-state index is -2.23. The third-order valence-corrected chi connectivity index (χ3v) is 14.9. The number of aliphatic hydroxyl groups is 3. The maximum absolute atomic E-state index is 14.4. The van der Waals surface area contributed by atoms with Crippen LogP contribution in [-0.4, -0.2) is 238 Å². The van der Waals surface area contributed by atoms with Gasteiger partial charge in [-0.2, -0.15) is 0 Å². The Labute approximate surface area is 582 Å². The van der Waals surface area contributed by atoms with Gasteiger partial charge in [0.05, 0.1) is 50.4 Å². The van der Waals surface area contributed by atoms with E-state index >= 15 is 0 Å². The number of amides is 12. The van der Waals surface area contributed by atoms with Crippen LogP contribution < -0.4 is 81.4 Å². The molecule has 3 rings (SSSR count). The highest BCUT2D eigenvalue weighted by Gasteiger charge is 2.39. The molecular weight excluding hydrogens is 1350 g/mol. The van der Waals surface area contributed by atoms with E-state index in [1.165, 1.54) is 36.8 Å². The average molecular weight is 1440 g/mol. The van der Waals surface area contributed by atoms with Gasteiger partial charge in [-0.15, -0.1) is 0 Å². The second kappa shape index (κ2) is 41.9. The molecule has 14 atom stereocenters. The normalized spacial score (nSPS) is 15.2. The molecule has 0 aliphatic heterocycles. The number of nitrogens with zero attached hydrogens (tertiary/aromatic N) is 2. The Kier molecular flexibility index (Phi) is 34.8. The highest BCUT2D eigenvalue weighted by molar-refractivity contribution is 6.01. The van der Waals surface area contributed by atoms with Crippen LogP contribution in [-0.2, 0) is 91.2 Å². The van der Waals surface area contributed by atoms with Gasteiger partial charge in [-0.3, -0.25) is 72.1 Å². The van der Waals surface area contributed by atoms with Crippen molar-refractivity contribution in [3.05, 3.63) is 83.9 Å². The number of carboxylic acid groups (broad SMARTS) is 3. The Bertz CT molecular complexity index is 3430. The first-order chi connectivity index (χ1) is 47.9. The number of aliphatic hydroxyl groups excluding tert-OH is 3. The van der Waals surface area contributed by atoms with Crippen molar-refractivity contribution in [3.63, 3.8) is 0 Å². The van der Waals surface area contributed by atoms with E-state index in [9.17, 15) is 108 Å².